The van der Waals surface area contributed by atoms with Crippen LogP contribution in [0.2, 0.25) is 0 Å². The minimum atomic E-state index is -0.178. The molecule has 74 heavy (non-hydrogen) atoms. The number of benzene rings is 6. The molecular formula is C65H79N3O4WY-2. The van der Waals surface area contributed by atoms with Gasteiger partial charge in [-0.05, 0) is 203 Å². The summed E-state index contributed by atoms with van der Waals surface area (Å²) in [5, 5.41) is 7.82. The smallest absolute Gasteiger partial charge is 0.251 e. The van der Waals surface area contributed by atoms with E-state index in [0.717, 1.165) is 28.5 Å². The number of rotatable bonds is 8. The number of aryl methyl sites for hydroxylation is 2. The van der Waals surface area contributed by atoms with E-state index in [9.17, 15) is 19.2 Å². The molecule has 1 radical (unpaired) electrons. The largest absolute Gasteiger partial charge is 0.356 e. The van der Waals surface area contributed by atoms with Crippen molar-refractivity contribution < 1.29 is 73.0 Å². The molecule has 0 saturated carbocycles. The van der Waals surface area contributed by atoms with Crippen molar-refractivity contribution in [3.63, 3.8) is 0 Å². The molecule has 0 aliphatic heterocycles. The molecule has 0 saturated heterocycles. The van der Waals surface area contributed by atoms with Crippen LogP contribution in [0.5, 0.6) is 0 Å². The van der Waals surface area contributed by atoms with Gasteiger partial charge in [0, 0.05) is 91.6 Å². The van der Waals surface area contributed by atoms with Crippen molar-refractivity contribution in [3.05, 3.63) is 212 Å². The molecule has 6 rings (SSSR count). The van der Waals surface area contributed by atoms with Crippen LogP contribution in [-0.4, -0.2) is 45.2 Å². The summed E-state index contributed by atoms with van der Waals surface area (Å²) in [7, 11) is 4.85. The summed E-state index contributed by atoms with van der Waals surface area (Å²) < 4.78 is 0. The van der Waals surface area contributed by atoms with Crippen LogP contribution in [-0.2, 0) is 53.8 Å². The summed E-state index contributed by atoms with van der Waals surface area (Å²) >= 11 is 0. The van der Waals surface area contributed by atoms with Crippen molar-refractivity contribution in [2.45, 2.75) is 118 Å². The molecule has 0 atom stereocenters. The number of carbonyl (C=O) groups excluding carboxylic acids is 4. The fourth-order valence-electron chi connectivity index (χ4n) is 8.51. The van der Waals surface area contributed by atoms with Crippen molar-refractivity contribution >= 4 is 48.3 Å². The number of hydrogen-bond acceptors (Lipinski definition) is 4. The van der Waals surface area contributed by atoms with Gasteiger partial charge in [0.1, 0.15) is 6.29 Å². The molecule has 0 spiro atoms. The maximum atomic E-state index is 11.9. The van der Waals surface area contributed by atoms with E-state index in [4.69, 9.17) is 0 Å². The van der Waals surface area contributed by atoms with Crippen LogP contribution in [0.3, 0.4) is 0 Å². The quantitative estimate of drug-likeness (QED) is 0.0802. The first-order valence-corrected chi connectivity index (χ1v) is 24.5. The Labute approximate surface area is 484 Å². The molecule has 0 aromatic heterocycles. The van der Waals surface area contributed by atoms with Gasteiger partial charge in [0.15, 0.2) is 0 Å². The molecule has 0 unspecified atom stereocenters. The van der Waals surface area contributed by atoms with Crippen molar-refractivity contribution in [1.82, 2.24) is 16.0 Å². The maximum absolute atomic E-state index is 11.9. The van der Waals surface area contributed by atoms with Gasteiger partial charge in [-0.2, -0.15) is 12.5 Å². The average molecular weight is 1240 g/mol. The molecular weight excluding hydrogens is 1160 g/mol. The fraction of sp³-hybridized carbons (Fsp3) is 0.308. The standard InChI is InChI=1S/C22H27NO.C21H24NO.C12H17.C10H11NO2.W.Y/c1-13-8-9-20(22(24)23-7)12-19(13)10-11-21-17(5)15(3)14(2)16(4)18(21)6;1-13-14(2)16(4)20(17(5)15(13)3)11-10-18-8-7-9-19(12-18)21(23)22-6;1-7-8(2)10(4)12(6)11(5)9(7)3;1-7-3-4-8(10(13)11-2)5-9(7)6-12;;/h8-12H,1-7H3,(H,23,24);7,9-12H,1-6H3,(H,22,23);1H2,2-6H3;3-6H,1-2H3,(H,11,13);;/q;2*-1;;;/b2*11-10+;;;;. The van der Waals surface area contributed by atoms with E-state index in [1.807, 2.05) is 37.3 Å². The van der Waals surface area contributed by atoms with E-state index < -0.39 is 0 Å². The molecule has 0 aliphatic rings. The fourth-order valence-corrected chi connectivity index (χ4v) is 8.51. The zero-order valence-corrected chi connectivity index (χ0v) is 53.7. The monoisotopic (exact) mass is 1240 g/mol. The van der Waals surface area contributed by atoms with Gasteiger partial charge in [-0.15, -0.1) is 58.2 Å². The minimum absolute atomic E-state index is 0. The Morgan fingerprint density at radius 2 is 0.730 bits per heavy atom. The molecule has 0 aliphatic carbocycles. The van der Waals surface area contributed by atoms with E-state index in [0.29, 0.717) is 22.3 Å². The summed E-state index contributed by atoms with van der Waals surface area (Å²) in [6.45, 7) is 40.6. The molecule has 0 bridgehead atoms. The van der Waals surface area contributed by atoms with Crippen LogP contribution in [0.15, 0.2) is 54.6 Å². The summed E-state index contributed by atoms with van der Waals surface area (Å²) in [6, 6.07) is 19.4. The summed E-state index contributed by atoms with van der Waals surface area (Å²) in [5.74, 6) is -0.315. The Morgan fingerprint density at radius 1 is 0.419 bits per heavy atom. The Kier molecular flexibility index (Phi) is 27.1. The first kappa shape index (κ1) is 66.6. The minimum Gasteiger partial charge on any atom is -0.356 e. The van der Waals surface area contributed by atoms with Gasteiger partial charge >= 0.3 is 0 Å². The normalized spacial score (nSPS) is 10.4. The van der Waals surface area contributed by atoms with Crippen LogP contribution in [0.25, 0.3) is 24.3 Å². The maximum Gasteiger partial charge on any atom is 0.251 e. The van der Waals surface area contributed by atoms with Crippen LogP contribution >= 0.6 is 0 Å². The molecule has 3 amide bonds. The van der Waals surface area contributed by atoms with E-state index in [1.165, 1.54) is 100 Å². The molecule has 0 fully saturated rings. The van der Waals surface area contributed by atoms with Gasteiger partial charge in [-0.1, -0.05) is 63.6 Å². The number of aldehydes is 1. The number of nitrogens with one attached hydrogen (secondary N) is 3. The van der Waals surface area contributed by atoms with Gasteiger partial charge in [0.2, 0.25) is 5.91 Å². The SMILES string of the molecule is CNC(=O)c1cc[c-]c(/C=C/c2c(C)c(C)c(C)c(C)c2C)c1.CNC(=O)c1ccc(C)c(/C=C/c2c(C)c(C)c(C)c(C)c2C)c1.CNC(=O)c1ccc(C)c(C=O)c1.[CH2-]c1c(C)c(C)c(C)c(C)c1C.[W].[Y]. The molecule has 7 nitrogen and oxygen atoms in total. The van der Waals surface area contributed by atoms with Crippen LogP contribution < -0.4 is 16.0 Å². The average Bonchev–Trinajstić information content (AvgIpc) is 3.39. The molecule has 3 N–H and O–H groups in total. The van der Waals surface area contributed by atoms with Crippen molar-refractivity contribution in [2.24, 2.45) is 0 Å². The number of carbonyl (C=O) groups is 4. The number of hydrogen-bond donors (Lipinski definition) is 3. The van der Waals surface area contributed by atoms with E-state index in [-0.39, 0.29) is 71.5 Å². The van der Waals surface area contributed by atoms with Gasteiger partial charge < -0.3 is 16.0 Å². The molecule has 0 heterocycles. The first-order chi connectivity index (χ1) is 33.8. The molecule has 389 valence electrons. The topological polar surface area (TPSA) is 104 Å². The zero-order valence-electron chi connectivity index (χ0n) is 47.9. The van der Waals surface area contributed by atoms with E-state index in [1.54, 1.807) is 51.5 Å². The first-order valence-electron chi connectivity index (χ1n) is 24.5. The second-order valence-corrected chi connectivity index (χ2v) is 18.9. The molecule has 9 heteroatoms. The molecule has 6 aromatic carbocycles. The van der Waals surface area contributed by atoms with E-state index >= 15 is 0 Å². The van der Waals surface area contributed by atoms with Gasteiger partial charge in [0.25, 0.3) is 11.8 Å². The third-order valence-electron chi connectivity index (χ3n) is 15.1. The second kappa shape index (κ2) is 30.2. The second-order valence-electron chi connectivity index (χ2n) is 18.9. The third kappa shape index (κ3) is 16.3. The Bertz CT molecular complexity index is 2920. The summed E-state index contributed by atoms with van der Waals surface area (Å²) in [4.78, 5) is 45.3. The van der Waals surface area contributed by atoms with Crippen LogP contribution in [0, 0.1) is 131 Å². The third-order valence-corrected chi connectivity index (χ3v) is 15.1. The van der Waals surface area contributed by atoms with Crippen molar-refractivity contribution in [1.29, 1.82) is 0 Å². The van der Waals surface area contributed by atoms with Crippen LogP contribution in [0.4, 0.5) is 0 Å². The van der Waals surface area contributed by atoms with E-state index in [2.05, 4.69) is 158 Å². The van der Waals surface area contributed by atoms with Crippen LogP contribution in [0.1, 0.15) is 164 Å². The van der Waals surface area contributed by atoms with Crippen molar-refractivity contribution in [2.75, 3.05) is 21.1 Å². The zero-order chi connectivity index (χ0) is 54.5. The molecule has 6 aromatic rings. The summed E-state index contributed by atoms with van der Waals surface area (Å²) in [6.07, 6.45) is 9.20. The summed E-state index contributed by atoms with van der Waals surface area (Å²) in [5.41, 5.74) is 30.4. The van der Waals surface area contributed by atoms with Gasteiger partial charge in [0.05, 0.1) is 0 Å². The van der Waals surface area contributed by atoms with Gasteiger partial charge in [-0.3, -0.25) is 19.2 Å². The predicted octanol–water partition coefficient (Wildman–Crippen LogP) is 14.2. The number of amides is 3. The Morgan fingerprint density at radius 3 is 1.09 bits per heavy atom. The predicted molar refractivity (Wildman–Crippen MR) is 306 cm³/mol. The van der Waals surface area contributed by atoms with Gasteiger partial charge in [-0.25, -0.2) is 0 Å². The Hall–Kier alpha value is -5.46. The van der Waals surface area contributed by atoms with Crippen molar-refractivity contribution in [3.8, 4) is 0 Å². The Balaban J connectivity index is 0.000000510.